The summed E-state index contributed by atoms with van der Waals surface area (Å²) in [4.78, 5) is 2.24. The Morgan fingerprint density at radius 2 is 2.05 bits per heavy atom. The van der Waals surface area contributed by atoms with E-state index in [1.165, 1.54) is 18.9 Å². The van der Waals surface area contributed by atoms with Crippen molar-refractivity contribution in [2.24, 2.45) is 0 Å². The molecule has 0 amide bonds. The van der Waals surface area contributed by atoms with E-state index in [2.05, 4.69) is 4.90 Å². The van der Waals surface area contributed by atoms with Crippen molar-refractivity contribution in [2.45, 2.75) is 43.9 Å². The first-order valence-corrected chi connectivity index (χ1v) is 7.64. The molecule has 0 bridgehead atoms. The van der Waals surface area contributed by atoms with Gasteiger partial charge in [0.05, 0.1) is 18.8 Å². The molecule has 21 heavy (non-hydrogen) atoms. The fourth-order valence-electron chi connectivity index (χ4n) is 3.45. The molecular formula is C16H21F2NO2. The maximum absolute atomic E-state index is 13.3. The van der Waals surface area contributed by atoms with Crippen molar-refractivity contribution < 1.29 is 18.6 Å². The van der Waals surface area contributed by atoms with E-state index in [1.54, 1.807) is 0 Å². The van der Waals surface area contributed by atoms with Crippen LogP contribution in [-0.2, 0) is 4.74 Å². The van der Waals surface area contributed by atoms with Gasteiger partial charge < -0.3 is 9.84 Å². The molecule has 1 aliphatic heterocycles. The summed E-state index contributed by atoms with van der Waals surface area (Å²) in [5.74, 6) is -1.80. The first kappa shape index (κ1) is 14.9. The molecule has 0 unspecified atom stereocenters. The number of fused-ring (bicyclic) bond motifs is 1. The van der Waals surface area contributed by atoms with Gasteiger partial charge in [0.2, 0.25) is 0 Å². The molecule has 0 radical (unpaired) electrons. The van der Waals surface area contributed by atoms with E-state index in [0.29, 0.717) is 24.8 Å². The number of benzene rings is 1. The van der Waals surface area contributed by atoms with Crippen molar-refractivity contribution >= 4 is 0 Å². The van der Waals surface area contributed by atoms with Crippen LogP contribution in [0.15, 0.2) is 18.2 Å². The molecule has 1 saturated heterocycles. The molecule has 0 spiro atoms. The van der Waals surface area contributed by atoms with Gasteiger partial charge in [0, 0.05) is 19.1 Å². The zero-order chi connectivity index (χ0) is 14.8. The number of hydrogen-bond donors (Lipinski definition) is 1. The summed E-state index contributed by atoms with van der Waals surface area (Å²) in [6.45, 7) is 1.89. The molecular weight excluding hydrogens is 276 g/mol. The fourth-order valence-corrected chi connectivity index (χ4v) is 3.45. The second-order valence-electron chi connectivity index (χ2n) is 5.95. The highest BCUT2D eigenvalue weighted by atomic mass is 19.2. The normalized spacial score (nSPS) is 28.1. The van der Waals surface area contributed by atoms with Crippen LogP contribution in [0.5, 0.6) is 0 Å². The van der Waals surface area contributed by atoms with Gasteiger partial charge in [0.25, 0.3) is 0 Å². The number of β-amino-alcohol motifs (C(OH)–C–C–N with tert-alkyl or cyclic N) is 1. The average molecular weight is 297 g/mol. The lowest BCUT2D eigenvalue weighted by atomic mass is 9.89. The maximum Gasteiger partial charge on any atom is 0.159 e. The van der Waals surface area contributed by atoms with E-state index < -0.39 is 17.7 Å². The van der Waals surface area contributed by atoms with E-state index in [1.807, 2.05) is 0 Å². The smallest absolute Gasteiger partial charge is 0.159 e. The van der Waals surface area contributed by atoms with E-state index in [9.17, 15) is 13.9 Å². The van der Waals surface area contributed by atoms with Crippen molar-refractivity contribution in [1.82, 2.24) is 4.90 Å². The van der Waals surface area contributed by atoms with Gasteiger partial charge in [-0.2, -0.15) is 0 Å². The summed E-state index contributed by atoms with van der Waals surface area (Å²) in [7, 11) is 0. The third-order valence-electron chi connectivity index (χ3n) is 4.58. The molecule has 1 N–H and O–H groups in total. The molecule has 2 fully saturated rings. The van der Waals surface area contributed by atoms with Crippen molar-refractivity contribution in [2.75, 3.05) is 19.7 Å². The molecule has 1 heterocycles. The molecule has 116 valence electrons. The molecule has 1 aromatic rings. The summed E-state index contributed by atoms with van der Waals surface area (Å²) in [6, 6.07) is 3.93. The Balaban J connectivity index is 1.68. The van der Waals surface area contributed by atoms with Crippen LogP contribution in [0.2, 0.25) is 0 Å². The SMILES string of the molecule is O[C@H](CN1CCO[C@H]2CCCC[C@H]21)c1ccc(F)c(F)c1. The lowest BCUT2D eigenvalue weighted by Crippen LogP contribution is -2.53. The molecule has 5 heteroatoms. The predicted octanol–water partition coefficient (Wildman–Crippen LogP) is 2.64. The Bertz CT molecular complexity index is 495. The molecule has 1 saturated carbocycles. The Morgan fingerprint density at radius 1 is 1.24 bits per heavy atom. The minimum atomic E-state index is -0.913. The highest BCUT2D eigenvalue weighted by Gasteiger charge is 2.35. The van der Waals surface area contributed by atoms with Crippen LogP contribution in [0.3, 0.4) is 0 Å². The van der Waals surface area contributed by atoms with Crippen molar-refractivity contribution in [3.8, 4) is 0 Å². The van der Waals surface area contributed by atoms with Crippen LogP contribution in [0, 0.1) is 11.6 Å². The predicted molar refractivity (Wildman–Crippen MR) is 74.9 cm³/mol. The minimum Gasteiger partial charge on any atom is -0.387 e. The second-order valence-corrected chi connectivity index (χ2v) is 5.95. The van der Waals surface area contributed by atoms with Crippen LogP contribution in [0.25, 0.3) is 0 Å². The van der Waals surface area contributed by atoms with Gasteiger partial charge in [0.1, 0.15) is 0 Å². The summed E-state index contributed by atoms with van der Waals surface area (Å²) in [5.41, 5.74) is 0.424. The van der Waals surface area contributed by atoms with Crippen LogP contribution in [-0.4, -0.2) is 41.8 Å². The number of rotatable bonds is 3. The Morgan fingerprint density at radius 3 is 2.86 bits per heavy atom. The van der Waals surface area contributed by atoms with Crippen LogP contribution >= 0.6 is 0 Å². The van der Waals surface area contributed by atoms with Gasteiger partial charge in [-0.3, -0.25) is 4.90 Å². The van der Waals surface area contributed by atoms with Crippen LogP contribution < -0.4 is 0 Å². The summed E-state index contributed by atoms with van der Waals surface area (Å²) in [6.07, 6.45) is 3.98. The first-order chi connectivity index (χ1) is 10.1. The number of aliphatic hydroxyl groups excluding tert-OH is 1. The molecule has 3 rings (SSSR count). The van der Waals surface area contributed by atoms with Crippen molar-refractivity contribution in [3.63, 3.8) is 0 Å². The maximum atomic E-state index is 13.3. The van der Waals surface area contributed by atoms with E-state index in [0.717, 1.165) is 31.5 Å². The van der Waals surface area contributed by atoms with Crippen molar-refractivity contribution in [1.29, 1.82) is 0 Å². The average Bonchev–Trinajstić information content (AvgIpc) is 2.50. The van der Waals surface area contributed by atoms with Gasteiger partial charge in [-0.25, -0.2) is 8.78 Å². The third kappa shape index (κ3) is 3.25. The number of hydrogen-bond acceptors (Lipinski definition) is 3. The number of nitrogens with zero attached hydrogens (tertiary/aromatic N) is 1. The third-order valence-corrected chi connectivity index (χ3v) is 4.58. The quantitative estimate of drug-likeness (QED) is 0.931. The fraction of sp³-hybridized carbons (Fsp3) is 0.625. The summed E-state index contributed by atoms with van der Waals surface area (Å²) in [5, 5.41) is 10.3. The van der Waals surface area contributed by atoms with E-state index in [-0.39, 0.29) is 6.10 Å². The zero-order valence-electron chi connectivity index (χ0n) is 12.0. The van der Waals surface area contributed by atoms with Gasteiger partial charge in [-0.15, -0.1) is 0 Å². The standard InChI is InChI=1S/C16H21F2NO2/c17-12-6-5-11(9-13(12)18)15(20)10-19-7-8-21-16-4-2-1-3-14(16)19/h5-6,9,14-16,20H,1-4,7-8,10H2/t14-,15-,16+/m1/s1. The largest absolute Gasteiger partial charge is 0.387 e. The van der Waals surface area contributed by atoms with Gasteiger partial charge in [-0.1, -0.05) is 18.9 Å². The van der Waals surface area contributed by atoms with Crippen LogP contribution in [0.4, 0.5) is 8.78 Å². The molecule has 3 atom stereocenters. The summed E-state index contributed by atoms with van der Waals surface area (Å²) >= 11 is 0. The number of ether oxygens (including phenoxy) is 1. The van der Waals surface area contributed by atoms with Gasteiger partial charge in [-0.05, 0) is 30.5 Å². The van der Waals surface area contributed by atoms with E-state index >= 15 is 0 Å². The van der Waals surface area contributed by atoms with Crippen LogP contribution in [0.1, 0.15) is 37.4 Å². The first-order valence-electron chi connectivity index (χ1n) is 7.64. The zero-order valence-corrected chi connectivity index (χ0v) is 12.0. The Hall–Kier alpha value is -1.04. The second kappa shape index (κ2) is 6.38. The summed E-state index contributed by atoms with van der Waals surface area (Å²) < 4.78 is 32.0. The topological polar surface area (TPSA) is 32.7 Å². The number of halogens is 2. The highest BCUT2D eigenvalue weighted by Crippen LogP contribution is 2.30. The molecule has 1 aliphatic carbocycles. The van der Waals surface area contributed by atoms with Crippen molar-refractivity contribution in [3.05, 3.63) is 35.4 Å². The molecule has 2 aliphatic rings. The number of aliphatic hydroxyl groups is 1. The van der Waals surface area contributed by atoms with Gasteiger partial charge >= 0.3 is 0 Å². The molecule has 3 nitrogen and oxygen atoms in total. The monoisotopic (exact) mass is 297 g/mol. The lowest BCUT2D eigenvalue weighted by molar-refractivity contribution is -0.0975. The lowest BCUT2D eigenvalue weighted by Gasteiger charge is -2.44. The minimum absolute atomic E-state index is 0.254. The Labute approximate surface area is 123 Å². The van der Waals surface area contributed by atoms with E-state index in [4.69, 9.17) is 4.74 Å². The highest BCUT2D eigenvalue weighted by molar-refractivity contribution is 5.20. The Kier molecular flexibility index (Phi) is 4.52. The van der Waals surface area contributed by atoms with Gasteiger partial charge in [0.15, 0.2) is 11.6 Å². The number of morpholine rings is 1. The molecule has 1 aromatic carbocycles. The molecule has 0 aromatic heterocycles.